The van der Waals surface area contributed by atoms with Gasteiger partial charge in [-0.15, -0.1) is 0 Å². The number of amides is 2. The van der Waals surface area contributed by atoms with E-state index >= 15 is 0 Å². The lowest BCUT2D eigenvalue weighted by Gasteiger charge is -2.13. The van der Waals surface area contributed by atoms with E-state index in [1.54, 1.807) is 0 Å². The van der Waals surface area contributed by atoms with Gasteiger partial charge in [-0.2, -0.15) is 26.3 Å². The van der Waals surface area contributed by atoms with E-state index < -0.39 is 35.3 Å². The highest BCUT2D eigenvalue weighted by Gasteiger charge is 2.35. The van der Waals surface area contributed by atoms with E-state index in [2.05, 4.69) is 30.6 Å². The van der Waals surface area contributed by atoms with Gasteiger partial charge in [0.15, 0.2) is 11.9 Å². The molecule has 0 saturated heterocycles. The Hall–Kier alpha value is -5.50. The maximum atomic E-state index is 13.5. The Balaban J connectivity index is 0.000000281. The standard InChI is InChI=1S/C17H22F3N5O2.C15H18F3N5O2/c1-22-16(21)24-15(26)14-9-11-12(17(18,19)20)7-10(8-13(11)23-14)27-6-4-5-25(2)3;1-21-14(20)23-13(24)12-7-9-10(15(16,17)18)5-8(6-11(9)22-12)25-4-2-3-19/h7-9,23H,4-6H2,1-3H3,(H3,21,22,24,26);5-7,22H,2-4,19H2,1H3,(H3,20,21,23,24). The van der Waals surface area contributed by atoms with Gasteiger partial charge in [-0.25, -0.2) is 0 Å². The zero-order chi connectivity index (χ0) is 38.8. The smallest absolute Gasteiger partial charge is 0.417 e. The molecule has 14 nitrogen and oxygen atoms in total. The lowest BCUT2D eigenvalue weighted by atomic mass is 10.1. The first-order valence-electron chi connectivity index (χ1n) is 15.5. The summed E-state index contributed by atoms with van der Waals surface area (Å²) < 4.78 is 91.1. The summed E-state index contributed by atoms with van der Waals surface area (Å²) in [5.74, 6) is -1.55. The van der Waals surface area contributed by atoms with E-state index in [-0.39, 0.29) is 69.8 Å². The quantitative estimate of drug-likeness (QED) is 0.0519. The molecular formula is C32H40F6N10O4. The maximum absolute atomic E-state index is 13.5. The normalized spacial score (nSPS) is 12.5. The second-order valence-electron chi connectivity index (χ2n) is 11.3. The minimum atomic E-state index is -4.61. The van der Waals surface area contributed by atoms with Gasteiger partial charge in [-0.3, -0.25) is 30.2 Å². The van der Waals surface area contributed by atoms with Crippen molar-refractivity contribution in [2.75, 3.05) is 54.5 Å². The molecule has 0 unspecified atom stereocenters. The first kappa shape index (κ1) is 40.9. The Morgan fingerprint density at radius 1 is 0.731 bits per heavy atom. The number of halogens is 6. The fourth-order valence-corrected chi connectivity index (χ4v) is 4.63. The zero-order valence-corrected chi connectivity index (χ0v) is 28.7. The number of aromatic nitrogens is 2. The number of rotatable bonds is 11. The van der Waals surface area contributed by atoms with Crippen molar-refractivity contribution < 1.29 is 45.4 Å². The summed E-state index contributed by atoms with van der Waals surface area (Å²) in [7, 11) is 6.54. The molecule has 0 saturated carbocycles. The largest absolute Gasteiger partial charge is 0.493 e. The monoisotopic (exact) mass is 742 g/mol. The van der Waals surface area contributed by atoms with Crippen LogP contribution in [0.3, 0.4) is 0 Å². The number of aliphatic imine (C=N–C) groups is 2. The van der Waals surface area contributed by atoms with Crippen LogP contribution in [-0.4, -0.2) is 93.1 Å². The highest BCUT2D eigenvalue weighted by atomic mass is 19.4. The predicted molar refractivity (Wildman–Crippen MR) is 184 cm³/mol. The van der Waals surface area contributed by atoms with E-state index in [0.29, 0.717) is 19.4 Å². The highest BCUT2D eigenvalue weighted by molar-refractivity contribution is 6.07. The van der Waals surface area contributed by atoms with Gasteiger partial charge in [0.25, 0.3) is 11.8 Å². The Bertz CT molecular complexity index is 1920. The van der Waals surface area contributed by atoms with Gasteiger partial charge >= 0.3 is 12.4 Å². The van der Waals surface area contributed by atoms with Crippen molar-refractivity contribution in [3.63, 3.8) is 0 Å². The molecule has 4 rings (SSSR count). The molecule has 2 amide bonds. The molecule has 20 heteroatoms. The van der Waals surface area contributed by atoms with Gasteiger partial charge in [0.2, 0.25) is 0 Å². The summed E-state index contributed by atoms with van der Waals surface area (Å²) in [5, 5.41) is 4.26. The highest BCUT2D eigenvalue weighted by Crippen LogP contribution is 2.39. The first-order valence-corrected chi connectivity index (χ1v) is 15.5. The number of nitrogens with zero attached hydrogens (tertiary/aromatic N) is 3. The van der Waals surface area contributed by atoms with Gasteiger partial charge in [0.05, 0.1) is 35.4 Å². The van der Waals surface area contributed by atoms with E-state index in [1.807, 2.05) is 19.0 Å². The number of fused-ring (bicyclic) bond motifs is 2. The number of ether oxygens (including phenoxy) is 2. The molecule has 2 aromatic heterocycles. The number of benzene rings is 2. The van der Waals surface area contributed by atoms with E-state index in [0.717, 1.165) is 30.8 Å². The fraction of sp³-hybridized carbons (Fsp3) is 0.375. The van der Waals surface area contributed by atoms with Crippen LogP contribution in [0, 0.1) is 0 Å². The molecule has 0 spiro atoms. The Labute approximate surface area is 293 Å². The molecule has 10 N–H and O–H groups in total. The number of aromatic amines is 2. The number of alkyl halides is 6. The van der Waals surface area contributed by atoms with Crippen molar-refractivity contribution in [3.05, 3.63) is 58.9 Å². The molecule has 0 atom stereocenters. The van der Waals surface area contributed by atoms with Crippen LogP contribution >= 0.6 is 0 Å². The number of carbonyl (C=O) groups is 2. The van der Waals surface area contributed by atoms with Crippen LogP contribution in [0.2, 0.25) is 0 Å². The lowest BCUT2D eigenvalue weighted by Crippen LogP contribution is -2.36. The summed E-state index contributed by atoms with van der Waals surface area (Å²) in [6, 6.07) is 6.92. The third-order valence-electron chi connectivity index (χ3n) is 7.12. The Morgan fingerprint density at radius 2 is 1.13 bits per heavy atom. The molecule has 0 fully saturated rings. The number of H-pyrrole nitrogens is 2. The van der Waals surface area contributed by atoms with Crippen molar-refractivity contribution in [3.8, 4) is 11.5 Å². The van der Waals surface area contributed by atoms with Crippen molar-refractivity contribution in [2.45, 2.75) is 25.2 Å². The Kier molecular flexibility index (Phi) is 13.9. The average molecular weight is 743 g/mol. The van der Waals surface area contributed by atoms with E-state index in [1.165, 1.54) is 26.2 Å². The maximum Gasteiger partial charge on any atom is 0.417 e. The van der Waals surface area contributed by atoms with Crippen LogP contribution in [0.25, 0.3) is 21.8 Å². The van der Waals surface area contributed by atoms with Crippen LogP contribution in [0.1, 0.15) is 44.9 Å². The predicted octanol–water partition coefficient (Wildman–Crippen LogP) is 3.78. The molecule has 284 valence electrons. The second kappa shape index (κ2) is 17.6. The van der Waals surface area contributed by atoms with Gasteiger partial charge in [0, 0.05) is 43.5 Å². The van der Waals surface area contributed by atoms with E-state index in [4.69, 9.17) is 26.7 Å². The van der Waals surface area contributed by atoms with Gasteiger partial charge < -0.3 is 41.5 Å². The summed E-state index contributed by atoms with van der Waals surface area (Å²) in [4.78, 5) is 38.5. The van der Waals surface area contributed by atoms with Crippen molar-refractivity contribution in [2.24, 2.45) is 27.2 Å². The van der Waals surface area contributed by atoms with Gasteiger partial charge in [-0.05, 0) is 57.7 Å². The molecule has 52 heavy (non-hydrogen) atoms. The van der Waals surface area contributed by atoms with Crippen LogP contribution < -0.4 is 37.3 Å². The van der Waals surface area contributed by atoms with E-state index in [9.17, 15) is 35.9 Å². The van der Waals surface area contributed by atoms with Crippen molar-refractivity contribution in [1.29, 1.82) is 0 Å². The molecule has 0 aliphatic carbocycles. The van der Waals surface area contributed by atoms with Crippen LogP contribution in [-0.2, 0) is 12.4 Å². The summed E-state index contributed by atoms with van der Waals surface area (Å²) >= 11 is 0. The molecule has 0 aliphatic rings. The molecule has 4 aromatic rings. The van der Waals surface area contributed by atoms with Gasteiger partial charge in [-0.1, -0.05) is 0 Å². The van der Waals surface area contributed by atoms with Crippen LogP contribution in [0.15, 0.2) is 46.4 Å². The number of nitrogens with two attached hydrogens (primary N) is 3. The Morgan fingerprint density at radius 3 is 1.48 bits per heavy atom. The third-order valence-corrected chi connectivity index (χ3v) is 7.12. The molecule has 0 aliphatic heterocycles. The lowest BCUT2D eigenvalue weighted by molar-refractivity contribution is -0.137. The van der Waals surface area contributed by atoms with Crippen molar-refractivity contribution >= 4 is 45.5 Å². The number of guanidine groups is 2. The molecule has 0 radical (unpaired) electrons. The number of nitrogens with one attached hydrogen (secondary N) is 4. The summed E-state index contributed by atoms with van der Waals surface area (Å²) in [6.45, 7) is 1.58. The first-order chi connectivity index (χ1) is 24.4. The SMILES string of the molecule is CN=C(N)NC(=O)c1cc2c(C(F)(F)F)cc(OCCCN(C)C)cc2[nH]1.CN=C(N)NC(=O)c1cc2c(C(F)(F)F)cc(OCCCN)cc2[nH]1. The van der Waals surface area contributed by atoms with Crippen LogP contribution in [0.5, 0.6) is 11.5 Å². The minimum absolute atomic E-state index is 0.0386. The third kappa shape index (κ3) is 11.3. The topological polar surface area (TPSA) is 214 Å². The fourth-order valence-electron chi connectivity index (χ4n) is 4.63. The average Bonchev–Trinajstić information content (AvgIpc) is 3.70. The number of hydrogen-bond donors (Lipinski definition) is 7. The minimum Gasteiger partial charge on any atom is -0.493 e. The number of hydrogen-bond acceptors (Lipinski definition) is 8. The van der Waals surface area contributed by atoms with Crippen molar-refractivity contribution in [1.82, 2.24) is 25.5 Å². The molecule has 0 bridgehead atoms. The number of carbonyl (C=O) groups excluding carboxylic acids is 2. The van der Waals surface area contributed by atoms with Crippen LogP contribution in [0.4, 0.5) is 26.3 Å². The summed E-state index contributed by atoms with van der Waals surface area (Å²) in [5.41, 5.74) is 14.5. The second-order valence-corrected chi connectivity index (χ2v) is 11.3. The molecule has 2 heterocycles. The summed E-state index contributed by atoms with van der Waals surface area (Å²) in [6.07, 6.45) is -8.03. The zero-order valence-electron chi connectivity index (χ0n) is 28.7. The van der Waals surface area contributed by atoms with Gasteiger partial charge in [0.1, 0.15) is 22.9 Å². The molecule has 2 aromatic carbocycles. The molecular weight excluding hydrogens is 702 g/mol.